The van der Waals surface area contributed by atoms with Crippen LogP contribution in [0.4, 0.5) is 5.69 Å². The van der Waals surface area contributed by atoms with Gasteiger partial charge in [-0.15, -0.1) is 0 Å². The molecule has 3 aromatic rings. The number of benzene rings is 2. The molecule has 0 saturated carbocycles. The van der Waals surface area contributed by atoms with Crippen molar-refractivity contribution in [3.8, 4) is 17.1 Å². The summed E-state index contributed by atoms with van der Waals surface area (Å²) >= 11 is 0. The molecule has 2 aromatic carbocycles. The number of aromatic nitrogens is 2. The Bertz CT molecular complexity index is 910. The highest BCUT2D eigenvalue weighted by Crippen LogP contribution is 2.18. The SMILES string of the molecule is CC(C)NC[C@H](O)COc1ccc(NC(=O)c2nc(-c3ccccc3)no2)cc1. The molecule has 152 valence electrons. The van der Waals surface area contributed by atoms with Crippen LogP contribution in [0.5, 0.6) is 5.75 Å². The predicted octanol–water partition coefficient (Wildman–Crippen LogP) is 2.73. The molecule has 0 bridgehead atoms. The zero-order valence-corrected chi connectivity index (χ0v) is 16.3. The molecule has 0 fully saturated rings. The second-order valence-electron chi connectivity index (χ2n) is 6.80. The van der Waals surface area contributed by atoms with Crippen molar-refractivity contribution in [2.75, 3.05) is 18.5 Å². The van der Waals surface area contributed by atoms with Gasteiger partial charge in [0, 0.05) is 23.8 Å². The Hall–Kier alpha value is -3.23. The number of hydrogen-bond acceptors (Lipinski definition) is 7. The first kappa shape index (κ1) is 20.5. The largest absolute Gasteiger partial charge is 0.491 e. The maximum Gasteiger partial charge on any atom is 0.316 e. The lowest BCUT2D eigenvalue weighted by molar-refractivity contribution is 0.0981. The third kappa shape index (κ3) is 6.13. The van der Waals surface area contributed by atoms with Crippen molar-refractivity contribution in [3.05, 3.63) is 60.5 Å². The molecule has 1 aromatic heterocycles. The van der Waals surface area contributed by atoms with Crippen LogP contribution in [-0.2, 0) is 0 Å². The number of amides is 1. The molecule has 8 nitrogen and oxygen atoms in total. The maximum absolute atomic E-state index is 12.3. The second kappa shape index (κ2) is 9.81. The average molecular weight is 396 g/mol. The molecule has 8 heteroatoms. The molecule has 29 heavy (non-hydrogen) atoms. The molecule has 0 unspecified atom stereocenters. The number of aliphatic hydroxyl groups is 1. The van der Waals surface area contributed by atoms with Crippen LogP contribution >= 0.6 is 0 Å². The van der Waals surface area contributed by atoms with Gasteiger partial charge in [-0.1, -0.05) is 49.3 Å². The lowest BCUT2D eigenvalue weighted by Crippen LogP contribution is -2.35. The highest BCUT2D eigenvalue weighted by atomic mass is 16.5. The van der Waals surface area contributed by atoms with Gasteiger partial charge in [0.2, 0.25) is 5.82 Å². The van der Waals surface area contributed by atoms with Crippen molar-refractivity contribution in [2.24, 2.45) is 0 Å². The van der Waals surface area contributed by atoms with Gasteiger partial charge in [-0.2, -0.15) is 4.98 Å². The van der Waals surface area contributed by atoms with Crippen LogP contribution in [0.2, 0.25) is 0 Å². The van der Waals surface area contributed by atoms with Crippen LogP contribution in [-0.4, -0.2) is 46.5 Å². The second-order valence-corrected chi connectivity index (χ2v) is 6.80. The number of nitrogens with zero attached hydrogens (tertiary/aromatic N) is 2. The van der Waals surface area contributed by atoms with Crippen LogP contribution in [0.3, 0.4) is 0 Å². The summed E-state index contributed by atoms with van der Waals surface area (Å²) in [5.41, 5.74) is 1.33. The normalized spacial score (nSPS) is 12.0. The van der Waals surface area contributed by atoms with Gasteiger partial charge in [0.05, 0.1) is 0 Å². The Morgan fingerprint density at radius 3 is 2.55 bits per heavy atom. The number of carbonyl (C=O) groups is 1. The number of aliphatic hydroxyl groups excluding tert-OH is 1. The fraction of sp³-hybridized carbons (Fsp3) is 0.286. The van der Waals surface area contributed by atoms with Crippen LogP contribution in [0.1, 0.15) is 24.5 Å². The molecular formula is C21H24N4O4. The van der Waals surface area contributed by atoms with Gasteiger partial charge in [0.25, 0.3) is 0 Å². The molecule has 1 amide bonds. The third-order valence-electron chi connectivity index (χ3n) is 3.97. The lowest BCUT2D eigenvalue weighted by atomic mass is 10.2. The van der Waals surface area contributed by atoms with Crippen LogP contribution in [0, 0.1) is 0 Å². The van der Waals surface area contributed by atoms with E-state index in [0.717, 1.165) is 5.56 Å². The van der Waals surface area contributed by atoms with E-state index >= 15 is 0 Å². The minimum Gasteiger partial charge on any atom is -0.491 e. The van der Waals surface area contributed by atoms with Gasteiger partial charge in [-0.25, -0.2) is 0 Å². The molecule has 1 heterocycles. The van der Waals surface area contributed by atoms with E-state index in [1.54, 1.807) is 24.3 Å². The van der Waals surface area contributed by atoms with E-state index in [4.69, 9.17) is 9.26 Å². The van der Waals surface area contributed by atoms with Crippen molar-refractivity contribution in [3.63, 3.8) is 0 Å². The van der Waals surface area contributed by atoms with E-state index in [9.17, 15) is 9.90 Å². The maximum atomic E-state index is 12.3. The zero-order valence-electron chi connectivity index (χ0n) is 16.3. The summed E-state index contributed by atoms with van der Waals surface area (Å²) in [7, 11) is 0. The summed E-state index contributed by atoms with van der Waals surface area (Å²) in [5, 5.41) is 19.5. The highest BCUT2D eigenvalue weighted by Gasteiger charge is 2.16. The molecule has 0 radical (unpaired) electrons. The number of anilines is 1. The van der Waals surface area contributed by atoms with E-state index in [-0.39, 0.29) is 12.5 Å². The van der Waals surface area contributed by atoms with Gasteiger partial charge < -0.3 is 25.0 Å². The van der Waals surface area contributed by atoms with Gasteiger partial charge in [-0.05, 0) is 24.3 Å². The smallest absolute Gasteiger partial charge is 0.316 e. The molecule has 3 rings (SSSR count). The monoisotopic (exact) mass is 396 g/mol. The van der Waals surface area contributed by atoms with E-state index in [2.05, 4.69) is 20.8 Å². The first-order valence-electron chi connectivity index (χ1n) is 9.36. The van der Waals surface area contributed by atoms with Crippen molar-refractivity contribution < 1.29 is 19.2 Å². The Kier molecular flexibility index (Phi) is 6.94. The fourth-order valence-electron chi connectivity index (χ4n) is 2.46. The van der Waals surface area contributed by atoms with Crippen molar-refractivity contribution >= 4 is 11.6 Å². The predicted molar refractivity (Wildman–Crippen MR) is 109 cm³/mol. The number of ether oxygens (including phenoxy) is 1. The van der Waals surface area contributed by atoms with Gasteiger partial charge >= 0.3 is 11.8 Å². The molecule has 0 aliphatic rings. The molecule has 3 N–H and O–H groups in total. The number of rotatable bonds is 9. The van der Waals surface area contributed by atoms with Crippen LogP contribution < -0.4 is 15.4 Å². The molecule has 0 saturated heterocycles. The first-order valence-corrected chi connectivity index (χ1v) is 9.36. The summed E-state index contributed by atoms with van der Waals surface area (Å²) in [6.45, 7) is 4.66. The van der Waals surface area contributed by atoms with Crippen LogP contribution in [0.25, 0.3) is 11.4 Å². The summed E-state index contributed by atoms with van der Waals surface area (Å²) in [5.74, 6) is 0.328. The highest BCUT2D eigenvalue weighted by molar-refractivity contribution is 6.01. The van der Waals surface area contributed by atoms with Crippen molar-refractivity contribution in [2.45, 2.75) is 26.0 Å². The minimum absolute atomic E-state index is 0.120. The molecule has 0 aliphatic carbocycles. The van der Waals surface area contributed by atoms with Crippen molar-refractivity contribution in [1.82, 2.24) is 15.5 Å². The van der Waals surface area contributed by atoms with E-state index in [1.165, 1.54) is 0 Å². The number of carbonyl (C=O) groups excluding carboxylic acids is 1. The molecule has 1 atom stereocenters. The number of hydrogen-bond donors (Lipinski definition) is 3. The Morgan fingerprint density at radius 2 is 1.86 bits per heavy atom. The Labute approximate surface area is 168 Å². The number of nitrogens with one attached hydrogen (secondary N) is 2. The van der Waals surface area contributed by atoms with E-state index < -0.39 is 12.0 Å². The van der Waals surface area contributed by atoms with Gasteiger partial charge in [0.15, 0.2) is 0 Å². The standard InChI is InChI=1S/C21H24N4O4/c1-14(2)22-12-17(26)13-28-18-10-8-16(9-11-18)23-20(27)21-24-19(25-29-21)15-6-4-3-5-7-15/h3-11,14,17,22,26H,12-13H2,1-2H3,(H,23,27)/t17-/m0/s1. The van der Waals surface area contributed by atoms with Crippen LogP contribution in [0.15, 0.2) is 59.1 Å². The summed E-state index contributed by atoms with van der Waals surface area (Å²) in [6, 6.07) is 16.4. The average Bonchev–Trinajstić information content (AvgIpc) is 3.23. The topological polar surface area (TPSA) is 110 Å². The summed E-state index contributed by atoms with van der Waals surface area (Å²) in [6.07, 6.45) is -0.604. The fourth-order valence-corrected chi connectivity index (χ4v) is 2.46. The summed E-state index contributed by atoms with van der Waals surface area (Å²) in [4.78, 5) is 16.4. The molecule has 0 aliphatic heterocycles. The van der Waals surface area contributed by atoms with Gasteiger partial charge in [0.1, 0.15) is 18.5 Å². The van der Waals surface area contributed by atoms with Crippen molar-refractivity contribution in [1.29, 1.82) is 0 Å². The molecule has 0 spiro atoms. The third-order valence-corrected chi connectivity index (χ3v) is 3.97. The minimum atomic E-state index is -0.604. The lowest BCUT2D eigenvalue weighted by Gasteiger charge is -2.15. The first-order chi connectivity index (χ1) is 14.0. The Balaban J connectivity index is 1.52. The van der Waals surface area contributed by atoms with Gasteiger partial charge in [-0.3, -0.25) is 4.79 Å². The van der Waals surface area contributed by atoms with E-state index in [1.807, 2.05) is 44.2 Å². The summed E-state index contributed by atoms with van der Waals surface area (Å²) < 4.78 is 10.6. The molecular weight excluding hydrogens is 372 g/mol. The quantitative estimate of drug-likeness (QED) is 0.510. The zero-order chi connectivity index (χ0) is 20.6. The Morgan fingerprint density at radius 1 is 1.14 bits per heavy atom. The van der Waals surface area contributed by atoms with E-state index in [0.29, 0.717) is 29.8 Å².